The molecule has 1 unspecified atom stereocenters. The Labute approximate surface area is 186 Å². The van der Waals surface area contributed by atoms with E-state index in [2.05, 4.69) is 20.6 Å². The quantitative estimate of drug-likeness (QED) is 0.380. The fraction of sp³-hybridized carbons (Fsp3) is 0.261. The van der Waals surface area contributed by atoms with Crippen LogP contribution in [0, 0.1) is 10.1 Å². The van der Waals surface area contributed by atoms with Gasteiger partial charge in [-0.3, -0.25) is 19.9 Å². The third-order valence-electron chi connectivity index (χ3n) is 4.57. The first kappa shape index (κ1) is 22.7. The van der Waals surface area contributed by atoms with Crippen LogP contribution in [0.2, 0.25) is 0 Å². The van der Waals surface area contributed by atoms with E-state index in [-0.39, 0.29) is 29.9 Å². The molecule has 3 rings (SSSR count). The van der Waals surface area contributed by atoms with Crippen LogP contribution in [0.5, 0.6) is 5.88 Å². The maximum absolute atomic E-state index is 12.6. The number of amides is 1. The van der Waals surface area contributed by atoms with Crippen LogP contribution in [0.3, 0.4) is 0 Å². The zero-order valence-corrected chi connectivity index (χ0v) is 18.1. The number of hydrogen-bond acceptors (Lipinski definition) is 7. The van der Waals surface area contributed by atoms with Gasteiger partial charge in [0.05, 0.1) is 22.8 Å². The SMILES string of the molecule is CC(C)Oc1ccc(CNC(=O)c2ccc(NC(C)c3ccccn3)c([N+](=O)[O-])c2)cn1. The zero-order chi connectivity index (χ0) is 23.1. The van der Waals surface area contributed by atoms with Crippen molar-refractivity contribution in [3.05, 3.63) is 87.9 Å². The summed E-state index contributed by atoms with van der Waals surface area (Å²) in [6, 6.07) is 13.1. The Morgan fingerprint density at radius 3 is 2.56 bits per heavy atom. The molecular formula is C23H25N5O4. The molecule has 0 aliphatic carbocycles. The Kier molecular flexibility index (Phi) is 7.33. The molecule has 0 bridgehead atoms. The number of anilines is 1. The highest BCUT2D eigenvalue weighted by Gasteiger charge is 2.19. The minimum absolute atomic E-state index is 0.0215. The summed E-state index contributed by atoms with van der Waals surface area (Å²) in [6.07, 6.45) is 3.30. The molecule has 1 amide bonds. The van der Waals surface area contributed by atoms with Crippen LogP contribution < -0.4 is 15.4 Å². The smallest absolute Gasteiger partial charge is 0.293 e. The van der Waals surface area contributed by atoms with E-state index in [1.54, 1.807) is 36.7 Å². The molecule has 2 N–H and O–H groups in total. The van der Waals surface area contributed by atoms with Gasteiger partial charge in [-0.1, -0.05) is 12.1 Å². The topological polar surface area (TPSA) is 119 Å². The average molecular weight is 435 g/mol. The van der Waals surface area contributed by atoms with E-state index in [0.29, 0.717) is 11.6 Å². The van der Waals surface area contributed by atoms with Gasteiger partial charge in [-0.05, 0) is 50.6 Å². The summed E-state index contributed by atoms with van der Waals surface area (Å²) in [4.78, 5) is 32.1. The van der Waals surface area contributed by atoms with Gasteiger partial charge in [0.25, 0.3) is 11.6 Å². The molecule has 1 atom stereocenters. The summed E-state index contributed by atoms with van der Waals surface area (Å²) in [5.74, 6) is 0.0913. The molecule has 0 aliphatic rings. The van der Waals surface area contributed by atoms with Crippen molar-refractivity contribution in [2.45, 2.75) is 39.5 Å². The van der Waals surface area contributed by atoms with Gasteiger partial charge in [0.1, 0.15) is 5.69 Å². The second-order valence-corrected chi connectivity index (χ2v) is 7.46. The van der Waals surface area contributed by atoms with Crippen LogP contribution >= 0.6 is 0 Å². The number of nitro benzene ring substituents is 1. The summed E-state index contributed by atoms with van der Waals surface area (Å²) < 4.78 is 5.49. The molecule has 0 saturated heterocycles. The number of benzene rings is 1. The van der Waals surface area contributed by atoms with Gasteiger partial charge >= 0.3 is 0 Å². The maximum atomic E-state index is 12.6. The summed E-state index contributed by atoms with van der Waals surface area (Å²) in [5.41, 5.74) is 1.86. The predicted octanol–water partition coefficient (Wildman–Crippen LogP) is 4.28. The zero-order valence-electron chi connectivity index (χ0n) is 18.1. The number of nitro groups is 1. The van der Waals surface area contributed by atoms with E-state index in [9.17, 15) is 14.9 Å². The van der Waals surface area contributed by atoms with Crippen LogP contribution in [0.15, 0.2) is 60.9 Å². The van der Waals surface area contributed by atoms with E-state index >= 15 is 0 Å². The van der Waals surface area contributed by atoms with Crippen molar-refractivity contribution in [1.29, 1.82) is 0 Å². The summed E-state index contributed by atoms with van der Waals surface area (Å²) in [7, 11) is 0. The number of pyridine rings is 2. The highest BCUT2D eigenvalue weighted by Crippen LogP contribution is 2.29. The van der Waals surface area contributed by atoms with Gasteiger partial charge in [0.2, 0.25) is 5.88 Å². The second-order valence-electron chi connectivity index (χ2n) is 7.46. The Balaban J connectivity index is 1.67. The molecule has 3 aromatic rings. The monoisotopic (exact) mass is 435 g/mol. The number of rotatable bonds is 9. The molecule has 0 aliphatic heterocycles. The number of carbonyl (C=O) groups excluding carboxylic acids is 1. The van der Waals surface area contributed by atoms with Crippen LogP contribution in [-0.2, 0) is 6.54 Å². The van der Waals surface area contributed by atoms with Crippen molar-refractivity contribution in [2.24, 2.45) is 0 Å². The third-order valence-corrected chi connectivity index (χ3v) is 4.57. The lowest BCUT2D eigenvalue weighted by molar-refractivity contribution is -0.384. The van der Waals surface area contributed by atoms with E-state index in [4.69, 9.17) is 4.74 Å². The van der Waals surface area contributed by atoms with Crippen LogP contribution in [0.1, 0.15) is 48.4 Å². The van der Waals surface area contributed by atoms with Gasteiger partial charge in [-0.25, -0.2) is 4.98 Å². The predicted molar refractivity (Wildman–Crippen MR) is 121 cm³/mol. The van der Waals surface area contributed by atoms with Crippen molar-refractivity contribution in [2.75, 3.05) is 5.32 Å². The first-order valence-corrected chi connectivity index (χ1v) is 10.2. The van der Waals surface area contributed by atoms with Crippen LogP contribution in [-0.4, -0.2) is 26.9 Å². The lowest BCUT2D eigenvalue weighted by Crippen LogP contribution is -2.23. The second kappa shape index (κ2) is 10.3. The van der Waals surface area contributed by atoms with Gasteiger partial charge in [0.15, 0.2) is 0 Å². The molecule has 0 fully saturated rings. The van der Waals surface area contributed by atoms with Gasteiger partial charge < -0.3 is 15.4 Å². The fourth-order valence-corrected chi connectivity index (χ4v) is 3.00. The van der Waals surface area contributed by atoms with E-state index in [1.165, 1.54) is 12.1 Å². The molecule has 2 aromatic heterocycles. The van der Waals surface area contributed by atoms with Crippen molar-refractivity contribution < 1.29 is 14.5 Å². The lowest BCUT2D eigenvalue weighted by Gasteiger charge is -2.15. The van der Waals surface area contributed by atoms with Crippen molar-refractivity contribution in [3.8, 4) is 5.88 Å². The van der Waals surface area contributed by atoms with E-state index < -0.39 is 10.8 Å². The molecule has 166 valence electrons. The molecule has 0 radical (unpaired) electrons. The van der Waals surface area contributed by atoms with Crippen molar-refractivity contribution in [3.63, 3.8) is 0 Å². The number of nitrogens with one attached hydrogen (secondary N) is 2. The maximum Gasteiger partial charge on any atom is 0.293 e. The molecule has 9 nitrogen and oxygen atoms in total. The summed E-state index contributed by atoms with van der Waals surface area (Å²) >= 11 is 0. The number of hydrogen-bond donors (Lipinski definition) is 2. The molecular weight excluding hydrogens is 410 g/mol. The molecule has 1 aromatic carbocycles. The lowest BCUT2D eigenvalue weighted by atomic mass is 10.1. The molecule has 32 heavy (non-hydrogen) atoms. The minimum atomic E-state index is -0.512. The van der Waals surface area contributed by atoms with Crippen molar-refractivity contribution in [1.82, 2.24) is 15.3 Å². The minimum Gasteiger partial charge on any atom is -0.475 e. The van der Waals surface area contributed by atoms with Gasteiger partial charge in [0, 0.05) is 36.6 Å². The number of aromatic nitrogens is 2. The van der Waals surface area contributed by atoms with Crippen LogP contribution in [0.4, 0.5) is 11.4 Å². The Morgan fingerprint density at radius 2 is 1.94 bits per heavy atom. The van der Waals surface area contributed by atoms with E-state index in [1.807, 2.05) is 32.9 Å². The Morgan fingerprint density at radius 1 is 1.12 bits per heavy atom. The Hall–Kier alpha value is -4.01. The Bertz CT molecular complexity index is 1070. The highest BCUT2D eigenvalue weighted by molar-refractivity contribution is 5.95. The third kappa shape index (κ3) is 6.00. The highest BCUT2D eigenvalue weighted by atomic mass is 16.6. The normalized spacial score (nSPS) is 11.6. The first-order chi connectivity index (χ1) is 15.3. The number of ether oxygens (including phenoxy) is 1. The molecule has 0 spiro atoms. The fourth-order valence-electron chi connectivity index (χ4n) is 3.00. The number of nitrogens with zero attached hydrogens (tertiary/aromatic N) is 3. The van der Waals surface area contributed by atoms with Crippen molar-refractivity contribution >= 4 is 17.3 Å². The largest absolute Gasteiger partial charge is 0.475 e. The van der Waals surface area contributed by atoms with Gasteiger partial charge in [-0.15, -0.1) is 0 Å². The average Bonchev–Trinajstić information content (AvgIpc) is 2.78. The van der Waals surface area contributed by atoms with Crippen LogP contribution in [0.25, 0.3) is 0 Å². The summed E-state index contributed by atoms with van der Waals surface area (Å²) in [6.45, 7) is 5.92. The van der Waals surface area contributed by atoms with E-state index in [0.717, 1.165) is 11.3 Å². The molecule has 0 saturated carbocycles. The molecule has 2 heterocycles. The van der Waals surface area contributed by atoms with Gasteiger partial charge in [-0.2, -0.15) is 0 Å². The molecule has 9 heteroatoms. The standard InChI is InChI=1S/C23H25N5O4/c1-15(2)32-22-10-7-17(13-25-22)14-26-23(29)18-8-9-20(21(12-18)28(30)31)27-16(3)19-6-4-5-11-24-19/h4-13,15-16,27H,14H2,1-3H3,(H,26,29). The summed E-state index contributed by atoms with van der Waals surface area (Å²) in [5, 5.41) is 17.4. The number of carbonyl (C=O) groups is 1. The first-order valence-electron chi connectivity index (χ1n) is 10.2.